The minimum Gasteiger partial charge on any atom is -0.396 e. The average molecular weight is 470 g/mol. The van der Waals surface area contributed by atoms with E-state index < -0.39 is 33.1 Å². The van der Waals surface area contributed by atoms with Gasteiger partial charge in [-0.2, -0.15) is 0 Å². The Labute approximate surface area is 183 Å². The molecule has 0 radical (unpaired) electrons. The monoisotopic (exact) mass is 469 g/mol. The number of nitrogens with zero attached hydrogens (tertiary/aromatic N) is 1. The van der Waals surface area contributed by atoms with Gasteiger partial charge in [-0.05, 0) is 35.9 Å². The highest BCUT2D eigenvalue weighted by Crippen LogP contribution is 2.35. The maximum Gasteiger partial charge on any atom is 0.268 e. The molecule has 166 valence electrons. The fourth-order valence-electron chi connectivity index (χ4n) is 3.38. The number of carbonyl (C=O) groups is 2. The lowest BCUT2D eigenvalue weighted by Gasteiger charge is -2.23. The van der Waals surface area contributed by atoms with E-state index in [0.717, 1.165) is 11.0 Å². The number of nitrogens with one attached hydrogen (secondary N) is 1. The van der Waals surface area contributed by atoms with Crippen molar-refractivity contribution in [3.05, 3.63) is 52.8 Å². The number of carbonyl (C=O) groups excluding carboxylic acids is 2. The number of para-hydroxylation sites is 1. The molecule has 1 atom stereocenters. The van der Waals surface area contributed by atoms with Crippen molar-refractivity contribution in [3.63, 3.8) is 0 Å². The smallest absolute Gasteiger partial charge is 0.268 e. The number of halogens is 2. The van der Waals surface area contributed by atoms with E-state index in [-0.39, 0.29) is 46.6 Å². The summed E-state index contributed by atoms with van der Waals surface area (Å²) < 4.78 is 37.9. The Morgan fingerprint density at radius 2 is 2.06 bits per heavy atom. The zero-order valence-corrected chi connectivity index (χ0v) is 18.1. The topological polar surface area (TPSA) is 130 Å². The molecule has 8 nitrogen and oxygen atoms in total. The van der Waals surface area contributed by atoms with Crippen LogP contribution in [0.15, 0.2) is 41.3 Å². The van der Waals surface area contributed by atoms with Crippen LogP contribution in [0.1, 0.15) is 18.9 Å². The minimum absolute atomic E-state index is 0.0472. The fourth-order valence-corrected chi connectivity index (χ4v) is 4.66. The third kappa shape index (κ3) is 4.36. The van der Waals surface area contributed by atoms with Gasteiger partial charge in [-0.25, -0.2) is 12.8 Å². The predicted octanol–water partition coefficient (Wildman–Crippen LogP) is 1.64. The van der Waals surface area contributed by atoms with E-state index in [4.69, 9.17) is 17.3 Å². The first-order valence-electron chi connectivity index (χ1n) is 9.38. The molecule has 0 aliphatic carbocycles. The molecule has 2 amide bonds. The number of hydrogen-bond acceptors (Lipinski definition) is 6. The van der Waals surface area contributed by atoms with Crippen LogP contribution in [0.25, 0.3) is 0 Å². The van der Waals surface area contributed by atoms with E-state index >= 15 is 0 Å². The van der Waals surface area contributed by atoms with Crippen molar-refractivity contribution < 1.29 is 27.5 Å². The maximum absolute atomic E-state index is 13.4. The van der Waals surface area contributed by atoms with Gasteiger partial charge in [0.25, 0.3) is 11.8 Å². The number of benzene rings is 2. The Morgan fingerprint density at radius 3 is 2.71 bits per heavy atom. The fraction of sp³-hybridized carbons (Fsp3) is 0.300. The van der Waals surface area contributed by atoms with Gasteiger partial charge >= 0.3 is 0 Å². The number of nitrogens with two attached hydrogens (primary N) is 1. The van der Waals surface area contributed by atoms with E-state index in [1.807, 2.05) is 0 Å². The van der Waals surface area contributed by atoms with Crippen LogP contribution in [0.4, 0.5) is 15.8 Å². The molecule has 1 aliphatic rings. The van der Waals surface area contributed by atoms with E-state index in [2.05, 4.69) is 5.32 Å². The highest BCUT2D eigenvalue weighted by Gasteiger charge is 2.52. The molecule has 1 aliphatic heterocycles. The summed E-state index contributed by atoms with van der Waals surface area (Å²) in [6, 6.07) is 7.93. The number of nitrogen functional groups attached to an aromatic ring is 1. The second-order valence-electron chi connectivity index (χ2n) is 7.12. The first-order valence-corrected chi connectivity index (χ1v) is 11.4. The van der Waals surface area contributed by atoms with Crippen molar-refractivity contribution in [1.29, 1.82) is 0 Å². The SMILES string of the molecule is CCS(=O)(=O)c1cccc(N2CCC(O)(C(=O)NCc3cc(F)cc(Cl)c3)C2=O)c1N. The molecule has 1 fully saturated rings. The standard InChI is InChI=1S/C20H21ClFN3O5S/c1-2-31(29,30)16-5-3-4-15(17(16)23)25-7-6-20(28,19(25)27)18(26)24-11-12-8-13(21)10-14(22)9-12/h3-5,8-10,28H,2,6-7,11,23H2,1H3,(H,24,26). The predicted molar refractivity (Wildman–Crippen MR) is 114 cm³/mol. The molecule has 0 saturated carbocycles. The van der Waals surface area contributed by atoms with Gasteiger partial charge in [0.2, 0.25) is 5.60 Å². The van der Waals surface area contributed by atoms with Crippen LogP contribution >= 0.6 is 11.6 Å². The Balaban J connectivity index is 1.81. The number of aliphatic hydroxyl groups is 1. The molecular formula is C20H21ClFN3O5S. The van der Waals surface area contributed by atoms with Gasteiger partial charge in [-0.1, -0.05) is 24.6 Å². The maximum atomic E-state index is 13.4. The summed E-state index contributed by atoms with van der Waals surface area (Å²) in [5.74, 6) is -2.65. The quantitative estimate of drug-likeness (QED) is 0.435. The molecule has 3 rings (SSSR count). The zero-order valence-electron chi connectivity index (χ0n) is 16.6. The van der Waals surface area contributed by atoms with Crippen LogP contribution in [-0.4, -0.2) is 43.2 Å². The summed E-state index contributed by atoms with van der Waals surface area (Å²) in [7, 11) is -3.64. The Morgan fingerprint density at radius 1 is 1.35 bits per heavy atom. The Kier molecular flexibility index (Phi) is 6.26. The van der Waals surface area contributed by atoms with Crippen LogP contribution < -0.4 is 16.0 Å². The molecule has 1 heterocycles. The van der Waals surface area contributed by atoms with Gasteiger partial charge in [0.05, 0.1) is 22.0 Å². The third-order valence-electron chi connectivity index (χ3n) is 5.10. The average Bonchev–Trinajstić information content (AvgIpc) is 3.01. The van der Waals surface area contributed by atoms with Crippen LogP contribution in [0, 0.1) is 5.82 Å². The minimum atomic E-state index is -3.64. The van der Waals surface area contributed by atoms with Gasteiger partial charge in [0.1, 0.15) is 5.82 Å². The summed E-state index contributed by atoms with van der Waals surface area (Å²) in [6.07, 6.45) is -0.230. The summed E-state index contributed by atoms with van der Waals surface area (Å²) in [4.78, 5) is 26.5. The van der Waals surface area contributed by atoms with Crippen LogP contribution in [0.2, 0.25) is 5.02 Å². The zero-order chi connectivity index (χ0) is 23.0. The second-order valence-corrected chi connectivity index (χ2v) is 9.80. The summed E-state index contributed by atoms with van der Waals surface area (Å²) in [6.45, 7) is 1.27. The number of sulfone groups is 1. The summed E-state index contributed by atoms with van der Waals surface area (Å²) in [5.41, 5.74) is 3.96. The number of amides is 2. The van der Waals surface area contributed by atoms with Gasteiger partial charge in [0.15, 0.2) is 9.84 Å². The molecule has 31 heavy (non-hydrogen) atoms. The molecule has 11 heteroatoms. The molecule has 2 aromatic carbocycles. The normalized spacial score (nSPS) is 19.0. The van der Waals surface area contributed by atoms with Crippen LogP contribution in [0.5, 0.6) is 0 Å². The largest absolute Gasteiger partial charge is 0.396 e. The highest BCUT2D eigenvalue weighted by atomic mass is 35.5. The van der Waals surface area contributed by atoms with E-state index in [9.17, 15) is 27.5 Å². The highest BCUT2D eigenvalue weighted by molar-refractivity contribution is 7.91. The van der Waals surface area contributed by atoms with Gasteiger partial charge < -0.3 is 21.1 Å². The first kappa shape index (κ1) is 23.0. The van der Waals surface area contributed by atoms with E-state index in [1.54, 1.807) is 0 Å². The molecule has 4 N–H and O–H groups in total. The summed E-state index contributed by atoms with van der Waals surface area (Å²) in [5, 5.41) is 13.3. The Bertz CT molecular complexity index is 1140. The van der Waals surface area contributed by atoms with Gasteiger partial charge in [-0.15, -0.1) is 0 Å². The number of hydrogen-bond donors (Lipinski definition) is 3. The van der Waals surface area contributed by atoms with E-state index in [1.165, 1.54) is 37.3 Å². The molecule has 0 spiro atoms. The molecule has 1 unspecified atom stereocenters. The van der Waals surface area contributed by atoms with Crippen molar-refractivity contribution in [3.8, 4) is 0 Å². The summed E-state index contributed by atoms with van der Waals surface area (Å²) >= 11 is 5.78. The van der Waals surface area contributed by atoms with Gasteiger partial charge in [-0.3, -0.25) is 9.59 Å². The molecule has 2 aromatic rings. The third-order valence-corrected chi connectivity index (χ3v) is 7.10. The molecular weight excluding hydrogens is 449 g/mol. The first-order chi connectivity index (χ1) is 14.5. The van der Waals surface area contributed by atoms with Crippen molar-refractivity contribution in [2.75, 3.05) is 22.9 Å². The number of anilines is 2. The van der Waals surface area contributed by atoms with Crippen molar-refractivity contribution in [1.82, 2.24) is 5.32 Å². The van der Waals surface area contributed by atoms with Crippen molar-refractivity contribution in [2.24, 2.45) is 0 Å². The lowest BCUT2D eigenvalue weighted by atomic mass is 10.0. The lowest BCUT2D eigenvalue weighted by molar-refractivity contribution is -0.149. The molecule has 0 aromatic heterocycles. The van der Waals surface area contributed by atoms with Crippen molar-refractivity contribution >= 4 is 44.6 Å². The number of rotatable bonds is 6. The second kappa shape index (κ2) is 8.45. The lowest BCUT2D eigenvalue weighted by Crippen LogP contribution is -2.52. The van der Waals surface area contributed by atoms with Crippen LogP contribution in [0.3, 0.4) is 0 Å². The van der Waals surface area contributed by atoms with E-state index in [0.29, 0.717) is 5.56 Å². The molecule has 1 saturated heterocycles. The van der Waals surface area contributed by atoms with Crippen LogP contribution in [-0.2, 0) is 26.0 Å². The van der Waals surface area contributed by atoms with Crippen molar-refractivity contribution in [2.45, 2.75) is 30.4 Å². The Hall–Kier alpha value is -2.69. The molecule has 0 bridgehead atoms. The van der Waals surface area contributed by atoms with Gasteiger partial charge in [0, 0.05) is 24.5 Å².